The van der Waals surface area contributed by atoms with Crippen molar-refractivity contribution in [1.82, 2.24) is 5.32 Å². The van der Waals surface area contributed by atoms with Crippen LogP contribution in [0, 0.1) is 0 Å². The van der Waals surface area contributed by atoms with Crippen molar-refractivity contribution >= 4 is 5.91 Å². The molecule has 0 bridgehead atoms. The zero-order chi connectivity index (χ0) is 14.2. The molecule has 1 amide bonds. The van der Waals surface area contributed by atoms with Gasteiger partial charge in [0, 0.05) is 13.0 Å². The molecule has 0 spiro atoms. The first-order valence-electron chi connectivity index (χ1n) is 8.58. The Kier molecular flexibility index (Phi) is 15.1. The molecule has 0 aliphatic carbocycles. The van der Waals surface area contributed by atoms with Gasteiger partial charge in [0.1, 0.15) is 0 Å². The van der Waals surface area contributed by atoms with Crippen molar-refractivity contribution in [3.8, 4) is 0 Å². The van der Waals surface area contributed by atoms with Crippen LogP contribution in [-0.4, -0.2) is 12.5 Å². The van der Waals surface area contributed by atoms with Crippen molar-refractivity contribution in [3.63, 3.8) is 0 Å². The number of nitrogens with one attached hydrogen (secondary N) is 1. The van der Waals surface area contributed by atoms with Gasteiger partial charge < -0.3 is 5.32 Å². The highest BCUT2D eigenvalue weighted by molar-refractivity contribution is 5.75. The van der Waals surface area contributed by atoms with E-state index < -0.39 is 0 Å². The number of hydrogen-bond acceptors (Lipinski definition) is 1. The zero-order valence-corrected chi connectivity index (χ0v) is 13.3. The summed E-state index contributed by atoms with van der Waals surface area (Å²) in [6.45, 7) is 5.34. The molecule has 19 heavy (non-hydrogen) atoms. The predicted molar refractivity (Wildman–Crippen MR) is 84.4 cm³/mol. The molecule has 0 aromatic heterocycles. The van der Waals surface area contributed by atoms with Gasteiger partial charge in [-0.3, -0.25) is 4.79 Å². The van der Waals surface area contributed by atoms with Gasteiger partial charge in [0.25, 0.3) is 0 Å². The molecule has 114 valence electrons. The lowest BCUT2D eigenvalue weighted by Crippen LogP contribution is -2.23. The highest BCUT2D eigenvalue weighted by Crippen LogP contribution is 2.08. The van der Waals surface area contributed by atoms with Gasteiger partial charge in [0.05, 0.1) is 0 Å². The first kappa shape index (κ1) is 18.5. The smallest absolute Gasteiger partial charge is 0.219 e. The van der Waals surface area contributed by atoms with Gasteiger partial charge in [-0.25, -0.2) is 0 Å². The van der Waals surface area contributed by atoms with Crippen molar-refractivity contribution in [3.05, 3.63) is 0 Å². The van der Waals surface area contributed by atoms with Crippen LogP contribution in [0.4, 0.5) is 0 Å². The molecule has 0 saturated carbocycles. The first-order valence-corrected chi connectivity index (χ1v) is 8.58. The van der Waals surface area contributed by atoms with Crippen LogP contribution in [-0.2, 0) is 4.79 Å². The van der Waals surface area contributed by atoms with Crippen LogP contribution in [0.2, 0.25) is 0 Å². The SMILES string of the molecule is CCCCCCCCCC(=O)NCCCCCCC. The molecule has 0 aliphatic rings. The Labute approximate surface area is 120 Å². The lowest BCUT2D eigenvalue weighted by Gasteiger charge is -2.05. The second-order valence-corrected chi connectivity index (χ2v) is 5.64. The molecule has 0 fully saturated rings. The Morgan fingerprint density at radius 3 is 1.74 bits per heavy atom. The van der Waals surface area contributed by atoms with Gasteiger partial charge in [-0.2, -0.15) is 0 Å². The number of carbonyl (C=O) groups is 1. The molecule has 0 aromatic rings. The van der Waals surface area contributed by atoms with Gasteiger partial charge in [0.2, 0.25) is 5.91 Å². The molecule has 2 nitrogen and oxygen atoms in total. The van der Waals surface area contributed by atoms with E-state index in [1.54, 1.807) is 0 Å². The van der Waals surface area contributed by atoms with Gasteiger partial charge in [0.15, 0.2) is 0 Å². The van der Waals surface area contributed by atoms with E-state index in [2.05, 4.69) is 19.2 Å². The molecule has 0 heterocycles. The summed E-state index contributed by atoms with van der Waals surface area (Å²) in [5.74, 6) is 0.254. The van der Waals surface area contributed by atoms with Crippen LogP contribution < -0.4 is 5.32 Å². The van der Waals surface area contributed by atoms with Crippen molar-refractivity contribution in [2.75, 3.05) is 6.54 Å². The molecular weight excluding hydrogens is 234 g/mol. The molecule has 0 rings (SSSR count). The quantitative estimate of drug-likeness (QED) is 0.431. The topological polar surface area (TPSA) is 29.1 Å². The van der Waals surface area contributed by atoms with Crippen LogP contribution in [0.15, 0.2) is 0 Å². The molecule has 0 aromatic carbocycles. The van der Waals surface area contributed by atoms with E-state index >= 15 is 0 Å². The van der Waals surface area contributed by atoms with Crippen molar-refractivity contribution in [2.45, 2.75) is 97.3 Å². The fraction of sp³-hybridized carbons (Fsp3) is 0.941. The lowest BCUT2D eigenvalue weighted by molar-refractivity contribution is -0.121. The Morgan fingerprint density at radius 1 is 0.684 bits per heavy atom. The lowest BCUT2D eigenvalue weighted by atomic mass is 10.1. The molecule has 0 saturated heterocycles. The zero-order valence-electron chi connectivity index (χ0n) is 13.3. The van der Waals surface area contributed by atoms with E-state index in [1.807, 2.05) is 0 Å². The minimum atomic E-state index is 0.254. The number of carbonyl (C=O) groups excluding carboxylic acids is 1. The summed E-state index contributed by atoms with van der Waals surface area (Å²) in [6.07, 6.45) is 16.0. The second kappa shape index (κ2) is 15.5. The minimum Gasteiger partial charge on any atom is -0.356 e. The van der Waals surface area contributed by atoms with Crippen molar-refractivity contribution in [2.24, 2.45) is 0 Å². The Morgan fingerprint density at radius 2 is 1.16 bits per heavy atom. The summed E-state index contributed by atoms with van der Waals surface area (Å²) < 4.78 is 0. The van der Waals surface area contributed by atoms with E-state index in [0.717, 1.165) is 25.8 Å². The van der Waals surface area contributed by atoms with Crippen LogP contribution >= 0.6 is 0 Å². The maximum Gasteiger partial charge on any atom is 0.219 e. The molecule has 0 unspecified atom stereocenters. The summed E-state index contributed by atoms with van der Waals surface area (Å²) in [4.78, 5) is 11.6. The number of rotatable bonds is 14. The summed E-state index contributed by atoms with van der Waals surface area (Å²) >= 11 is 0. The summed E-state index contributed by atoms with van der Waals surface area (Å²) in [5, 5.41) is 3.03. The van der Waals surface area contributed by atoms with E-state index in [-0.39, 0.29) is 5.91 Å². The Balaban J connectivity index is 3.13. The molecule has 1 N–H and O–H groups in total. The average molecular weight is 269 g/mol. The third-order valence-electron chi connectivity index (χ3n) is 3.61. The van der Waals surface area contributed by atoms with Gasteiger partial charge in [-0.15, -0.1) is 0 Å². The monoisotopic (exact) mass is 269 g/mol. The highest BCUT2D eigenvalue weighted by Gasteiger charge is 2.00. The fourth-order valence-electron chi connectivity index (χ4n) is 2.29. The maximum atomic E-state index is 11.6. The van der Waals surface area contributed by atoms with E-state index in [1.165, 1.54) is 64.2 Å². The summed E-state index contributed by atoms with van der Waals surface area (Å²) in [6, 6.07) is 0. The standard InChI is InChI=1S/C17H35NO/c1-3-5-7-9-10-11-13-15-17(19)18-16-14-12-8-6-4-2/h3-16H2,1-2H3,(H,18,19). The van der Waals surface area contributed by atoms with Gasteiger partial charge in [-0.1, -0.05) is 78.1 Å². The van der Waals surface area contributed by atoms with E-state index in [9.17, 15) is 4.79 Å². The summed E-state index contributed by atoms with van der Waals surface area (Å²) in [7, 11) is 0. The first-order chi connectivity index (χ1) is 9.31. The van der Waals surface area contributed by atoms with Crippen LogP contribution in [0.3, 0.4) is 0 Å². The van der Waals surface area contributed by atoms with Crippen LogP contribution in [0.1, 0.15) is 97.3 Å². The van der Waals surface area contributed by atoms with Crippen LogP contribution in [0.5, 0.6) is 0 Å². The van der Waals surface area contributed by atoms with Crippen molar-refractivity contribution in [1.29, 1.82) is 0 Å². The normalized spacial score (nSPS) is 10.6. The minimum absolute atomic E-state index is 0.254. The maximum absolute atomic E-state index is 11.6. The largest absolute Gasteiger partial charge is 0.356 e. The summed E-state index contributed by atoms with van der Waals surface area (Å²) in [5.41, 5.74) is 0. The van der Waals surface area contributed by atoms with E-state index in [0.29, 0.717) is 0 Å². The molecule has 0 atom stereocenters. The third-order valence-corrected chi connectivity index (χ3v) is 3.61. The predicted octanol–water partition coefficient (Wildman–Crippen LogP) is 5.21. The average Bonchev–Trinajstić information content (AvgIpc) is 2.41. The van der Waals surface area contributed by atoms with Gasteiger partial charge in [-0.05, 0) is 12.8 Å². The molecular formula is C17H35NO. The highest BCUT2D eigenvalue weighted by atomic mass is 16.1. The number of hydrogen-bond donors (Lipinski definition) is 1. The number of unbranched alkanes of at least 4 members (excludes halogenated alkanes) is 10. The fourth-order valence-corrected chi connectivity index (χ4v) is 2.29. The Bertz CT molecular complexity index is 192. The molecule has 0 aliphatic heterocycles. The van der Waals surface area contributed by atoms with Crippen LogP contribution in [0.25, 0.3) is 0 Å². The van der Waals surface area contributed by atoms with E-state index in [4.69, 9.17) is 0 Å². The van der Waals surface area contributed by atoms with Gasteiger partial charge >= 0.3 is 0 Å². The third kappa shape index (κ3) is 15.4. The second-order valence-electron chi connectivity index (χ2n) is 5.64. The van der Waals surface area contributed by atoms with Crippen molar-refractivity contribution < 1.29 is 4.79 Å². The molecule has 0 radical (unpaired) electrons. The number of amides is 1. The Hall–Kier alpha value is -0.530. The molecule has 2 heteroatoms.